The standard InChI is InChI=1S/C14H22N2O2S/c1-11-5-3-4-6-14(11)19(17,18)16-12(2)13-7-9-15-10-8-13/h3-6,12-13,15-16H,7-10H2,1-2H3. The van der Waals surface area contributed by atoms with Gasteiger partial charge in [-0.2, -0.15) is 0 Å². The Kier molecular flexibility index (Phi) is 4.60. The number of hydrogen-bond acceptors (Lipinski definition) is 3. The highest BCUT2D eigenvalue weighted by Crippen LogP contribution is 2.20. The molecule has 0 aliphatic carbocycles. The van der Waals surface area contributed by atoms with Crippen molar-refractivity contribution in [3.05, 3.63) is 29.8 Å². The van der Waals surface area contributed by atoms with Gasteiger partial charge in [-0.05, 0) is 57.3 Å². The highest BCUT2D eigenvalue weighted by Gasteiger charge is 2.25. The summed E-state index contributed by atoms with van der Waals surface area (Å²) in [5.74, 6) is 0.417. The number of benzene rings is 1. The van der Waals surface area contributed by atoms with Crippen LogP contribution in [0.25, 0.3) is 0 Å². The molecule has 1 aliphatic rings. The van der Waals surface area contributed by atoms with Gasteiger partial charge in [-0.15, -0.1) is 0 Å². The molecule has 19 heavy (non-hydrogen) atoms. The zero-order valence-corrected chi connectivity index (χ0v) is 12.3. The lowest BCUT2D eigenvalue weighted by molar-refractivity contribution is 0.316. The quantitative estimate of drug-likeness (QED) is 0.883. The SMILES string of the molecule is Cc1ccccc1S(=O)(=O)NC(C)C1CCNCC1. The van der Waals surface area contributed by atoms with Gasteiger partial charge >= 0.3 is 0 Å². The number of sulfonamides is 1. The molecule has 0 aromatic heterocycles. The van der Waals surface area contributed by atoms with E-state index in [2.05, 4.69) is 10.0 Å². The van der Waals surface area contributed by atoms with Crippen molar-refractivity contribution in [2.45, 2.75) is 37.6 Å². The minimum Gasteiger partial charge on any atom is -0.317 e. The summed E-state index contributed by atoms with van der Waals surface area (Å²) in [5.41, 5.74) is 0.785. The fraction of sp³-hybridized carbons (Fsp3) is 0.571. The number of piperidine rings is 1. The van der Waals surface area contributed by atoms with Crippen LogP contribution in [0.1, 0.15) is 25.3 Å². The largest absolute Gasteiger partial charge is 0.317 e. The molecule has 1 aliphatic heterocycles. The summed E-state index contributed by atoms with van der Waals surface area (Å²) in [6.45, 7) is 5.73. The molecule has 0 radical (unpaired) electrons. The average molecular weight is 282 g/mol. The molecule has 1 saturated heterocycles. The Morgan fingerprint density at radius 3 is 2.53 bits per heavy atom. The van der Waals surface area contributed by atoms with E-state index in [1.807, 2.05) is 26.0 Å². The van der Waals surface area contributed by atoms with Crippen molar-refractivity contribution in [2.24, 2.45) is 5.92 Å². The predicted octanol–water partition coefficient (Wildman–Crippen LogP) is 1.66. The molecule has 1 heterocycles. The molecule has 1 atom stereocenters. The second kappa shape index (κ2) is 6.03. The van der Waals surface area contributed by atoms with Gasteiger partial charge in [0.15, 0.2) is 0 Å². The zero-order chi connectivity index (χ0) is 13.9. The topological polar surface area (TPSA) is 58.2 Å². The molecule has 1 aromatic rings. The van der Waals surface area contributed by atoms with Crippen LogP contribution in [0.5, 0.6) is 0 Å². The molecule has 0 bridgehead atoms. The predicted molar refractivity (Wildman–Crippen MR) is 76.6 cm³/mol. The molecule has 0 amide bonds. The van der Waals surface area contributed by atoms with Crippen LogP contribution in [0, 0.1) is 12.8 Å². The third-order valence-corrected chi connectivity index (χ3v) is 5.53. The first kappa shape index (κ1) is 14.5. The number of nitrogens with one attached hydrogen (secondary N) is 2. The monoisotopic (exact) mass is 282 g/mol. The van der Waals surface area contributed by atoms with E-state index in [1.54, 1.807) is 12.1 Å². The highest BCUT2D eigenvalue weighted by molar-refractivity contribution is 7.89. The van der Waals surface area contributed by atoms with Crippen molar-refractivity contribution in [1.82, 2.24) is 10.0 Å². The first-order valence-electron chi connectivity index (χ1n) is 6.79. The number of rotatable bonds is 4. The zero-order valence-electron chi connectivity index (χ0n) is 11.5. The Morgan fingerprint density at radius 1 is 1.26 bits per heavy atom. The molecule has 1 unspecified atom stereocenters. The number of aryl methyl sites for hydroxylation is 1. The summed E-state index contributed by atoms with van der Waals surface area (Å²) >= 11 is 0. The van der Waals surface area contributed by atoms with Gasteiger partial charge in [0.25, 0.3) is 0 Å². The van der Waals surface area contributed by atoms with Crippen molar-refractivity contribution in [3.8, 4) is 0 Å². The van der Waals surface area contributed by atoms with Gasteiger partial charge in [0.2, 0.25) is 10.0 Å². The fourth-order valence-electron chi connectivity index (χ4n) is 2.61. The van der Waals surface area contributed by atoms with Crippen LogP contribution < -0.4 is 10.0 Å². The van der Waals surface area contributed by atoms with Crippen molar-refractivity contribution < 1.29 is 8.42 Å². The summed E-state index contributed by atoms with van der Waals surface area (Å²) in [5, 5.41) is 3.30. The molecule has 1 aromatic carbocycles. The van der Waals surface area contributed by atoms with Crippen molar-refractivity contribution >= 4 is 10.0 Å². The second-order valence-corrected chi connectivity index (χ2v) is 6.95. The van der Waals surface area contributed by atoms with E-state index >= 15 is 0 Å². The van der Waals surface area contributed by atoms with E-state index in [9.17, 15) is 8.42 Å². The molecule has 0 spiro atoms. The van der Waals surface area contributed by atoms with Crippen molar-refractivity contribution in [2.75, 3.05) is 13.1 Å². The summed E-state index contributed by atoms with van der Waals surface area (Å²) in [6.07, 6.45) is 2.05. The molecule has 4 nitrogen and oxygen atoms in total. The van der Waals surface area contributed by atoms with Gasteiger partial charge in [-0.1, -0.05) is 18.2 Å². The van der Waals surface area contributed by atoms with Crippen LogP contribution in [0.15, 0.2) is 29.2 Å². The summed E-state index contributed by atoms with van der Waals surface area (Å²) in [4.78, 5) is 0.385. The minimum absolute atomic E-state index is 0.0216. The maximum atomic E-state index is 12.4. The third-order valence-electron chi connectivity index (χ3n) is 3.82. The first-order valence-corrected chi connectivity index (χ1v) is 8.28. The molecule has 2 N–H and O–H groups in total. The Hall–Kier alpha value is -0.910. The Morgan fingerprint density at radius 2 is 1.89 bits per heavy atom. The van der Waals surface area contributed by atoms with Crippen molar-refractivity contribution in [1.29, 1.82) is 0 Å². The Bertz CT molecular complexity index is 522. The Labute approximate surface area is 115 Å². The van der Waals surface area contributed by atoms with E-state index in [1.165, 1.54) is 0 Å². The molecule has 5 heteroatoms. The van der Waals surface area contributed by atoms with Gasteiger partial charge in [0.1, 0.15) is 0 Å². The van der Waals surface area contributed by atoms with Crippen LogP contribution in [-0.4, -0.2) is 27.5 Å². The number of hydrogen-bond donors (Lipinski definition) is 2. The molecule has 2 rings (SSSR count). The second-order valence-electron chi connectivity index (χ2n) is 5.26. The van der Waals surface area contributed by atoms with E-state index < -0.39 is 10.0 Å². The van der Waals surface area contributed by atoms with Gasteiger partial charge in [0.05, 0.1) is 4.90 Å². The van der Waals surface area contributed by atoms with Crippen LogP contribution in [-0.2, 0) is 10.0 Å². The lowest BCUT2D eigenvalue weighted by Crippen LogP contribution is -2.42. The smallest absolute Gasteiger partial charge is 0.241 e. The van der Waals surface area contributed by atoms with Crippen molar-refractivity contribution in [3.63, 3.8) is 0 Å². The van der Waals surface area contributed by atoms with Gasteiger partial charge in [0, 0.05) is 6.04 Å². The fourth-order valence-corrected chi connectivity index (χ4v) is 4.17. The lowest BCUT2D eigenvalue weighted by atomic mass is 9.92. The van der Waals surface area contributed by atoms with Crippen LogP contribution in [0.4, 0.5) is 0 Å². The maximum absolute atomic E-state index is 12.4. The average Bonchev–Trinajstić information content (AvgIpc) is 2.39. The van der Waals surface area contributed by atoms with Gasteiger partial charge in [-0.25, -0.2) is 13.1 Å². The Balaban J connectivity index is 2.11. The molecule has 0 saturated carbocycles. The van der Waals surface area contributed by atoms with E-state index in [0.29, 0.717) is 10.8 Å². The van der Waals surface area contributed by atoms with E-state index in [4.69, 9.17) is 0 Å². The highest BCUT2D eigenvalue weighted by atomic mass is 32.2. The minimum atomic E-state index is -3.41. The normalized spacial score (nSPS) is 19.3. The molecule has 106 valence electrons. The summed E-state index contributed by atoms with van der Waals surface area (Å²) < 4.78 is 27.6. The van der Waals surface area contributed by atoms with Crippen LogP contribution >= 0.6 is 0 Å². The summed E-state index contributed by atoms with van der Waals surface area (Å²) in [7, 11) is -3.41. The van der Waals surface area contributed by atoms with Gasteiger partial charge in [-0.3, -0.25) is 0 Å². The maximum Gasteiger partial charge on any atom is 0.241 e. The first-order chi connectivity index (χ1) is 9.00. The molecular weight excluding hydrogens is 260 g/mol. The van der Waals surface area contributed by atoms with Crippen LogP contribution in [0.2, 0.25) is 0 Å². The third kappa shape index (κ3) is 3.55. The lowest BCUT2D eigenvalue weighted by Gasteiger charge is -2.28. The summed E-state index contributed by atoms with van der Waals surface area (Å²) in [6, 6.07) is 7.07. The van der Waals surface area contributed by atoms with Gasteiger partial charge < -0.3 is 5.32 Å². The van der Waals surface area contributed by atoms with Crippen LogP contribution in [0.3, 0.4) is 0 Å². The van der Waals surface area contributed by atoms with E-state index in [-0.39, 0.29) is 6.04 Å². The van der Waals surface area contributed by atoms with E-state index in [0.717, 1.165) is 31.5 Å². The molecular formula is C14H22N2O2S. The molecule has 1 fully saturated rings.